The van der Waals surface area contributed by atoms with Gasteiger partial charge in [0, 0.05) is 17.4 Å². The van der Waals surface area contributed by atoms with Crippen LogP contribution >= 0.6 is 11.8 Å². The lowest BCUT2D eigenvalue weighted by atomic mass is 10.3. The van der Waals surface area contributed by atoms with Gasteiger partial charge in [0.1, 0.15) is 16.6 Å². The van der Waals surface area contributed by atoms with Crippen molar-refractivity contribution in [3.05, 3.63) is 46.5 Å². The number of benzene rings is 1. The molecule has 2 rings (SSSR count). The minimum absolute atomic E-state index is 0.153. The molecule has 1 aromatic heterocycles. The lowest BCUT2D eigenvalue weighted by Crippen LogP contribution is -2.09. The van der Waals surface area contributed by atoms with Gasteiger partial charge in [0.25, 0.3) is 5.56 Å². The Labute approximate surface area is 103 Å². The molecule has 0 atom stereocenters. The Bertz CT molecular complexity index is 581. The number of phenols is 1. The molecule has 0 spiro atoms. The van der Waals surface area contributed by atoms with Gasteiger partial charge in [0.15, 0.2) is 0 Å². The molecule has 0 aliphatic carbocycles. The molecule has 0 amide bonds. The monoisotopic (exact) mass is 248 g/mol. The van der Waals surface area contributed by atoms with Crippen molar-refractivity contribution < 1.29 is 5.11 Å². The van der Waals surface area contributed by atoms with Gasteiger partial charge in [-0.25, -0.2) is 4.98 Å². The third-order valence-corrected chi connectivity index (χ3v) is 3.05. The summed E-state index contributed by atoms with van der Waals surface area (Å²) in [6, 6.07) is 8.31. The van der Waals surface area contributed by atoms with Gasteiger partial charge in [-0.1, -0.05) is 24.8 Å². The molecule has 1 heterocycles. The number of H-pyrrole nitrogens is 1. The Morgan fingerprint density at radius 1 is 1.41 bits per heavy atom. The molecule has 0 aliphatic heterocycles. The van der Waals surface area contributed by atoms with E-state index in [1.54, 1.807) is 18.2 Å². The second-order valence-corrected chi connectivity index (χ2v) is 4.58. The number of hydrogen-bond acceptors (Lipinski definition) is 4. The highest BCUT2D eigenvalue weighted by Gasteiger charge is 2.03. The fourth-order valence-electron chi connectivity index (χ4n) is 1.37. The largest absolute Gasteiger partial charge is 0.508 e. The molecule has 0 fully saturated rings. The molecule has 0 bridgehead atoms. The van der Waals surface area contributed by atoms with E-state index in [2.05, 4.69) is 9.97 Å². The van der Waals surface area contributed by atoms with Gasteiger partial charge in [-0.05, 0) is 18.2 Å². The summed E-state index contributed by atoms with van der Waals surface area (Å²) in [6.07, 6.45) is 0.684. The predicted octanol–water partition coefficient (Wildman–Crippen LogP) is 2.19. The van der Waals surface area contributed by atoms with E-state index in [-0.39, 0.29) is 11.3 Å². The molecular formula is C12H12N2O2S. The normalized spacial score (nSPS) is 10.4. The first-order valence-electron chi connectivity index (χ1n) is 5.24. The molecule has 0 radical (unpaired) electrons. The zero-order valence-corrected chi connectivity index (χ0v) is 10.1. The van der Waals surface area contributed by atoms with Crippen molar-refractivity contribution in [2.24, 2.45) is 0 Å². The number of aromatic hydroxyl groups is 1. The number of rotatable bonds is 3. The summed E-state index contributed by atoms with van der Waals surface area (Å²) in [5.74, 6) is 0.871. The van der Waals surface area contributed by atoms with Crippen LogP contribution in [0.1, 0.15) is 12.7 Å². The third kappa shape index (κ3) is 3.10. The van der Waals surface area contributed by atoms with Crippen LogP contribution in [0.25, 0.3) is 0 Å². The molecule has 0 aliphatic rings. The highest BCUT2D eigenvalue weighted by atomic mass is 32.2. The summed E-state index contributed by atoms with van der Waals surface area (Å²) in [5, 5.41) is 9.98. The summed E-state index contributed by atoms with van der Waals surface area (Å²) in [5.41, 5.74) is -0.153. The summed E-state index contributed by atoms with van der Waals surface area (Å²) in [4.78, 5) is 19.2. The van der Waals surface area contributed by atoms with Crippen LogP contribution in [-0.4, -0.2) is 15.1 Å². The van der Waals surface area contributed by atoms with Gasteiger partial charge in [-0.15, -0.1) is 0 Å². The molecule has 4 nitrogen and oxygen atoms in total. The first kappa shape index (κ1) is 11.7. The van der Waals surface area contributed by atoms with Crippen molar-refractivity contribution in [3.8, 4) is 5.75 Å². The van der Waals surface area contributed by atoms with Gasteiger partial charge in [-0.2, -0.15) is 0 Å². The smallest absolute Gasteiger partial charge is 0.251 e. The van der Waals surface area contributed by atoms with E-state index in [0.29, 0.717) is 17.3 Å². The minimum atomic E-state index is -0.153. The van der Waals surface area contributed by atoms with Crippen LogP contribution in [0, 0.1) is 0 Å². The first-order chi connectivity index (χ1) is 8.17. The number of nitrogens with zero attached hydrogens (tertiary/aromatic N) is 1. The van der Waals surface area contributed by atoms with E-state index >= 15 is 0 Å². The lowest BCUT2D eigenvalue weighted by molar-refractivity contribution is 0.474. The number of aromatic amines is 1. The Morgan fingerprint density at radius 3 is 2.94 bits per heavy atom. The number of hydrogen-bond donors (Lipinski definition) is 2. The second kappa shape index (κ2) is 5.05. The molecule has 88 valence electrons. The zero-order chi connectivity index (χ0) is 12.3. The van der Waals surface area contributed by atoms with E-state index in [1.165, 1.54) is 17.8 Å². The maximum absolute atomic E-state index is 11.4. The fraction of sp³-hybridized carbons (Fsp3) is 0.167. The van der Waals surface area contributed by atoms with Crippen molar-refractivity contribution in [2.45, 2.75) is 23.3 Å². The minimum Gasteiger partial charge on any atom is -0.508 e. The molecule has 1 aromatic carbocycles. The van der Waals surface area contributed by atoms with E-state index < -0.39 is 0 Å². The quantitative estimate of drug-likeness (QED) is 0.817. The van der Waals surface area contributed by atoms with Crippen molar-refractivity contribution in [1.82, 2.24) is 9.97 Å². The van der Waals surface area contributed by atoms with Crippen LogP contribution < -0.4 is 5.56 Å². The van der Waals surface area contributed by atoms with Crippen LogP contribution in [0.5, 0.6) is 5.75 Å². The lowest BCUT2D eigenvalue weighted by Gasteiger charge is -2.02. The summed E-state index contributed by atoms with van der Waals surface area (Å²) < 4.78 is 0. The van der Waals surface area contributed by atoms with Gasteiger partial charge < -0.3 is 10.1 Å². The van der Waals surface area contributed by atoms with Crippen LogP contribution in [0.3, 0.4) is 0 Å². The Morgan fingerprint density at radius 2 is 2.24 bits per heavy atom. The van der Waals surface area contributed by atoms with Gasteiger partial charge >= 0.3 is 0 Å². The molecule has 2 N–H and O–H groups in total. The maximum Gasteiger partial charge on any atom is 0.251 e. The summed E-state index contributed by atoms with van der Waals surface area (Å²) in [7, 11) is 0. The van der Waals surface area contributed by atoms with E-state index in [9.17, 15) is 9.90 Å². The van der Waals surface area contributed by atoms with Crippen LogP contribution in [0.2, 0.25) is 0 Å². The average molecular weight is 248 g/mol. The van der Waals surface area contributed by atoms with Crippen LogP contribution in [-0.2, 0) is 6.42 Å². The highest BCUT2D eigenvalue weighted by molar-refractivity contribution is 7.99. The second-order valence-electron chi connectivity index (χ2n) is 3.48. The Balaban J connectivity index is 2.29. The standard InChI is InChI=1S/C12H12N2O2S/c1-2-10-13-11(16)7-12(14-10)17-9-5-3-4-8(15)6-9/h3-7,15H,2H2,1H3,(H,13,14,16). The molecule has 0 saturated carbocycles. The number of aryl methyl sites for hydroxylation is 1. The van der Waals surface area contributed by atoms with Crippen molar-refractivity contribution in [1.29, 1.82) is 0 Å². The fourth-order valence-corrected chi connectivity index (χ4v) is 2.26. The van der Waals surface area contributed by atoms with Crippen molar-refractivity contribution in [3.63, 3.8) is 0 Å². The van der Waals surface area contributed by atoms with Crippen LogP contribution in [0.4, 0.5) is 0 Å². The SMILES string of the molecule is CCc1nc(Sc2cccc(O)c2)cc(=O)[nH]1. The van der Waals surface area contributed by atoms with E-state index in [0.717, 1.165) is 4.90 Å². The number of aromatic nitrogens is 2. The van der Waals surface area contributed by atoms with Gasteiger partial charge in [-0.3, -0.25) is 4.79 Å². The summed E-state index contributed by atoms with van der Waals surface area (Å²) in [6.45, 7) is 1.93. The van der Waals surface area contributed by atoms with Crippen molar-refractivity contribution >= 4 is 11.8 Å². The zero-order valence-electron chi connectivity index (χ0n) is 9.30. The summed E-state index contributed by atoms with van der Waals surface area (Å²) >= 11 is 1.35. The molecule has 17 heavy (non-hydrogen) atoms. The average Bonchev–Trinajstić information content (AvgIpc) is 2.28. The first-order valence-corrected chi connectivity index (χ1v) is 6.06. The van der Waals surface area contributed by atoms with Crippen LogP contribution in [0.15, 0.2) is 45.0 Å². The highest BCUT2D eigenvalue weighted by Crippen LogP contribution is 2.27. The molecule has 2 aromatic rings. The predicted molar refractivity (Wildman–Crippen MR) is 66.5 cm³/mol. The number of phenolic OH excluding ortho intramolecular Hbond substituents is 1. The number of nitrogens with one attached hydrogen (secondary N) is 1. The molecule has 0 saturated heterocycles. The van der Waals surface area contributed by atoms with E-state index in [1.807, 2.05) is 13.0 Å². The topological polar surface area (TPSA) is 66.0 Å². The maximum atomic E-state index is 11.4. The van der Waals surface area contributed by atoms with Gasteiger partial charge in [0.2, 0.25) is 0 Å². The Kier molecular flexibility index (Phi) is 3.49. The third-order valence-electron chi connectivity index (χ3n) is 2.14. The molecular weight excluding hydrogens is 236 g/mol. The Hall–Kier alpha value is -1.75. The molecule has 0 unspecified atom stereocenters. The van der Waals surface area contributed by atoms with Gasteiger partial charge in [0.05, 0.1) is 0 Å². The van der Waals surface area contributed by atoms with E-state index in [4.69, 9.17) is 0 Å². The molecule has 5 heteroatoms. The van der Waals surface area contributed by atoms with Crippen molar-refractivity contribution in [2.75, 3.05) is 0 Å².